The van der Waals surface area contributed by atoms with E-state index in [1.807, 2.05) is 29.2 Å². The van der Waals surface area contributed by atoms with Gasteiger partial charge in [-0.15, -0.1) is 0 Å². The number of amides is 2. The zero-order valence-electron chi connectivity index (χ0n) is 18.7. The van der Waals surface area contributed by atoms with Crippen molar-refractivity contribution in [2.24, 2.45) is 17.8 Å². The van der Waals surface area contributed by atoms with E-state index >= 15 is 0 Å². The summed E-state index contributed by atoms with van der Waals surface area (Å²) in [7, 11) is 0. The van der Waals surface area contributed by atoms with Gasteiger partial charge in [-0.1, -0.05) is 26.0 Å². The summed E-state index contributed by atoms with van der Waals surface area (Å²) in [6.45, 7) is 12.2. The van der Waals surface area contributed by atoms with E-state index in [2.05, 4.69) is 24.1 Å². The predicted molar refractivity (Wildman–Crippen MR) is 119 cm³/mol. The summed E-state index contributed by atoms with van der Waals surface area (Å²) in [4.78, 5) is 28.7. The number of nitrogens with one attached hydrogen (secondary N) is 1. The summed E-state index contributed by atoms with van der Waals surface area (Å²) in [6, 6.07) is 7.38. The summed E-state index contributed by atoms with van der Waals surface area (Å²) >= 11 is 0. The number of benzene rings is 1. The quantitative estimate of drug-likeness (QED) is 0.713. The molecule has 3 rings (SSSR count). The van der Waals surface area contributed by atoms with E-state index in [4.69, 9.17) is 4.74 Å². The van der Waals surface area contributed by atoms with Gasteiger partial charge < -0.3 is 19.9 Å². The zero-order valence-corrected chi connectivity index (χ0v) is 18.7. The number of ether oxygens (including phenoxy) is 1. The summed E-state index contributed by atoms with van der Waals surface area (Å²) in [5.41, 5.74) is 1.64. The normalized spacial score (nSPS) is 23.2. The first-order chi connectivity index (χ1) is 14.4. The molecule has 0 radical (unpaired) electrons. The van der Waals surface area contributed by atoms with Crippen molar-refractivity contribution in [2.75, 3.05) is 44.6 Å². The van der Waals surface area contributed by atoms with Crippen molar-refractivity contribution in [3.8, 4) is 0 Å². The number of nitrogens with zero attached hydrogens (tertiary/aromatic N) is 2. The molecule has 1 aromatic carbocycles. The van der Waals surface area contributed by atoms with Crippen molar-refractivity contribution in [3.63, 3.8) is 0 Å². The Morgan fingerprint density at radius 3 is 2.30 bits per heavy atom. The Bertz CT molecular complexity index is 688. The SMILES string of the molecule is CCOC(=O)Cc1ccc(NC(=O)N2CCC(CN3C[C@H](C)C[C@H](C)C3)CC2)cc1. The summed E-state index contributed by atoms with van der Waals surface area (Å²) in [6.07, 6.45) is 3.75. The van der Waals surface area contributed by atoms with Gasteiger partial charge in [0.15, 0.2) is 0 Å². The number of carbonyl (C=O) groups excluding carboxylic acids is 2. The van der Waals surface area contributed by atoms with Gasteiger partial charge in [0, 0.05) is 38.4 Å². The van der Waals surface area contributed by atoms with Crippen molar-refractivity contribution in [3.05, 3.63) is 29.8 Å². The molecular weight excluding hydrogens is 378 g/mol. The lowest BCUT2D eigenvalue weighted by Crippen LogP contribution is -2.46. The van der Waals surface area contributed by atoms with Gasteiger partial charge in [-0.3, -0.25) is 4.79 Å². The fraction of sp³-hybridized carbons (Fsp3) is 0.667. The molecule has 0 spiro atoms. The van der Waals surface area contributed by atoms with Gasteiger partial charge in [0.05, 0.1) is 13.0 Å². The van der Waals surface area contributed by atoms with Gasteiger partial charge in [-0.25, -0.2) is 4.79 Å². The van der Waals surface area contributed by atoms with E-state index in [0.29, 0.717) is 12.5 Å². The third kappa shape index (κ3) is 6.73. The predicted octanol–water partition coefficient (Wildman–Crippen LogP) is 4.01. The van der Waals surface area contributed by atoms with Crippen LogP contribution >= 0.6 is 0 Å². The average molecular weight is 416 g/mol. The number of anilines is 1. The minimum Gasteiger partial charge on any atom is -0.466 e. The van der Waals surface area contributed by atoms with Crippen LogP contribution in [0.5, 0.6) is 0 Å². The average Bonchev–Trinajstić information content (AvgIpc) is 2.69. The molecule has 2 aliphatic heterocycles. The lowest BCUT2D eigenvalue weighted by Gasteiger charge is -2.39. The van der Waals surface area contributed by atoms with Crippen LogP contribution in [0.1, 0.15) is 45.6 Å². The number of hydrogen-bond acceptors (Lipinski definition) is 4. The fourth-order valence-electron chi connectivity index (χ4n) is 4.91. The molecule has 1 N–H and O–H groups in total. The minimum atomic E-state index is -0.231. The molecule has 2 fully saturated rings. The van der Waals surface area contributed by atoms with E-state index < -0.39 is 0 Å². The maximum absolute atomic E-state index is 12.6. The van der Waals surface area contributed by atoms with Gasteiger partial charge in [0.1, 0.15) is 0 Å². The molecule has 2 atom stereocenters. The van der Waals surface area contributed by atoms with Gasteiger partial charge in [0.2, 0.25) is 0 Å². The van der Waals surface area contributed by atoms with Crippen molar-refractivity contribution >= 4 is 17.7 Å². The van der Waals surface area contributed by atoms with Crippen molar-refractivity contribution in [1.82, 2.24) is 9.80 Å². The molecule has 2 amide bonds. The molecular formula is C24H37N3O3. The monoisotopic (exact) mass is 415 g/mol. The van der Waals surface area contributed by atoms with Crippen molar-refractivity contribution < 1.29 is 14.3 Å². The number of rotatable bonds is 6. The Morgan fingerprint density at radius 1 is 1.07 bits per heavy atom. The van der Waals surface area contributed by atoms with Crippen LogP contribution < -0.4 is 5.32 Å². The van der Waals surface area contributed by atoms with Crippen LogP contribution in [0.4, 0.5) is 10.5 Å². The molecule has 0 unspecified atom stereocenters. The van der Waals surface area contributed by atoms with Crippen LogP contribution in [-0.2, 0) is 16.0 Å². The van der Waals surface area contributed by atoms with Gasteiger partial charge in [-0.05, 0) is 61.6 Å². The van der Waals surface area contributed by atoms with E-state index in [1.54, 1.807) is 6.92 Å². The van der Waals surface area contributed by atoms with Crippen LogP contribution in [-0.4, -0.2) is 61.1 Å². The number of likely N-dealkylation sites (tertiary alicyclic amines) is 2. The molecule has 2 aliphatic rings. The molecule has 6 heteroatoms. The molecule has 30 heavy (non-hydrogen) atoms. The number of esters is 1. The summed E-state index contributed by atoms with van der Waals surface area (Å²) in [5, 5.41) is 2.99. The Morgan fingerprint density at radius 2 is 1.70 bits per heavy atom. The molecule has 0 aliphatic carbocycles. The van der Waals surface area contributed by atoms with Crippen LogP contribution in [0.3, 0.4) is 0 Å². The maximum atomic E-state index is 12.6. The van der Waals surface area contributed by atoms with Crippen LogP contribution in [0, 0.1) is 17.8 Å². The molecule has 2 heterocycles. The maximum Gasteiger partial charge on any atom is 0.321 e. The molecule has 6 nitrogen and oxygen atoms in total. The van der Waals surface area contributed by atoms with Crippen LogP contribution in [0.2, 0.25) is 0 Å². The molecule has 166 valence electrons. The lowest BCUT2D eigenvalue weighted by atomic mass is 9.89. The largest absolute Gasteiger partial charge is 0.466 e. The molecule has 1 aromatic rings. The third-order valence-corrected chi connectivity index (χ3v) is 6.22. The Hall–Kier alpha value is -2.08. The number of hydrogen-bond donors (Lipinski definition) is 1. The first-order valence-electron chi connectivity index (χ1n) is 11.5. The topological polar surface area (TPSA) is 61.9 Å². The second-order valence-corrected chi connectivity index (χ2v) is 9.20. The summed E-state index contributed by atoms with van der Waals surface area (Å²) in [5.74, 6) is 2.05. The Kier molecular flexibility index (Phi) is 8.14. The van der Waals surface area contributed by atoms with Gasteiger partial charge >= 0.3 is 12.0 Å². The summed E-state index contributed by atoms with van der Waals surface area (Å²) < 4.78 is 4.97. The Balaban J connectivity index is 1.41. The van der Waals surface area contributed by atoms with Crippen LogP contribution in [0.25, 0.3) is 0 Å². The smallest absolute Gasteiger partial charge is 0.321 e. The highest BCUT2D eigenvalue weighted by molar-refractivity contribution is 5.89. The highest BCUT2D eigenvalue weighted by atomic mass is 16.5. The van der Waals surface area contributed by atoms with E-state index in [9.17, 15) is 9.59 Å². The number of urea groups is 1. The standard InChI is InChI=1S/C24H37N3O3/c1-4-30-23(28)14-20-5-7-22(8-6-20)25-24(29)27-11-9-21(10-12-27)17-26-15-18(2)13-19(3)16-26/h5-8,18-19,21H,4,9-17H2,1-3H3,(H,25,29)/t18-,19+. The highest BCUT2D eigenvalue weighted by Gasteiger charge is 2.27. The van der Waals surface area contributed by atoms with E-state index in [-0.39, 0.29) is 18.4 Å². The first-order valence-corrected chi connectivity index (χ1v) is 11.5. The van der Waals surface area contributed by atoms with E-state index in [0.717, 1.165) is 49.0 Å². The van der Waals surface area contributed by atoms with E-state index in [1.165, 1.54) is 26.1 Å². The lowest BCUT2D eigenvalue weighted by molar-refractivity contribution is -0.142. The van der Waals surface area contributed by atoms with Crippen molar-refractivity contribution in [1.29, 1.82) is 0 Å². The molecule has 2 saturated heterocycles. The van der Waals surface area contributed by atoms with Crippen molar-refractivity contribution in [2.45, 2.75) is 46.5 Å². The third-order valence-electron chi connectivity index (χ3n) is 6.22. The second kappa shape index (κ2) is 10.8. The first kappa shape index (κ1) is 22.6. The number of piperidine rings is 2. The minimum absolute atomic E-state index is 0.0354. The van der Waals surface area contributed by atoms with Gasteiger partial charge in [-0.2, -0.15) is 0 Å². The van der Waals surface area contributed by atoms with Gasteiger partial charge in [0.25, 0.3) is 0 Å². The van der Waals surface area contributed by atoms with Crippen LogP contribution in [0.15, 0.2) is 24.3 Å². The Labute approximate surface area is 180 Å². The second-order valence-electron chi connectivity index (χ2n) is 9.20. The zero-order chi connectivity index (χ0) is 21.5. The molecule has 0 aromatic heterocycles. The highest BCUT2D eigenvalue weighted by Crippen LogP contribution is 2.25. The molecule has 0 saturated carbocycles. The molecule has 0 bridgehead atoms. The fourth-order valence-corrected chi connectivity index (χ4v) is 4.91. The number of carbonyl (C=O) groups is 2.